The number of rotatable bonds is 14. The molecule has 0 aromatic heterocycles. The Balaban J connectivity index is 1.81. The summed E-state index contributed by atoms with van der Waals surface area (Å²) in [6.07, 6.45) is 18.6. The molecule has 0 spiro atoms. The number of halogens is 3. The molecule has 200 valence electrons. The van der Waals surface area contributed by atoms with Crippen molar-refractivity contribution in [2.24, 2.45) is 0 Å². The van der Waals surface area contributed by atoms with Crippen LogP contribution in [-0.2, 0) is 5.41 Å². The highest BCUT2D eigenvalue weighted by molar-refractivity contribution is 9.13. The molecule has 1 aliphatic carbocycles. The van der Waals surface area contributed by atoms with E-state index in [1.165, 1.54) is 126 Å². The number of aryl methyl sites for hydroxylation is 1. The summed E-state index contributed by atoms with van der Waals surface area (Å²) in [5.74, 6) is 0. The zero-order valence-corrected chi connectivity index (χ0v) is 27.8. The zero-order chi connectivity index (χ0) is 26.4. The molecule has 0 radical (unpaired) electrons. The van der Waals surface area contributed by atoms with E-state index in [2.05, 4.69) is 105 Å². The molecule has 0 atom stereocenters. The Morgan fingerprint density at radius 1 is 0.622 bits per heavy atom. The van der Waals surface area contributed by atoms with Crippen LogP contribution in [0.2, 0.25) is 0 Å². The molecule has 0 amide bonds. The number of hydrogen-bond donors (Lipinski definition) is 0. The van der Waals surface area contributed by atoms with Gasteiger partial charge in [0, 0.05) is 24.2 Å². The van der Waals surface area contributed by atoms with Gasteiger partial charge in [-0.05, 0) is 103 Å². The predicted molar refractivity (Wildman–Crippen MR) is 174 cm³/mol. The van der Waals surface area contributed by atoms with Gasteiger partial charge < -0.3 is 0 Å². The predicted octanol–water partition coefficient (Wildman–Crippen LogP) is 13.2. The van der Waals surface area contributed by atoms with Gasteiger partial charge in [-0.25, -0.2) is 0 Å². The highest BCUT2D eigenvalue weighted by Crippen LogP contribution is 2.58. The Kier molecular flexibility index (Phi) is 10.8. The maximum absolute atomic E-state index is 3.96. The molecule has 4 rings (SSSR count). The van der Waals surface area contributed by atoms with Crippen LogP contribution in [0.25, 0.3) is 21.9 Å². The summed E-state index contributed by atoms with van der Waals surface area (Å²) < 4.78 is 3.53. The van der Waals surface area contributed by atoms with Gasteiger partial charge in [0.1, 0.15) is 0 Å². The van der Waals surface area contributed by atoms with Crippen molar-refractivity contribution in [1.82, 2.24) is 0 Å². The van der Waals surface area contributed by atoms with Gasteiger partial charge in [-0.1, -0.05) is 125 Å². The molecule has 0 aliphatic heterocycles. The minimum Gasteiger partial charge on any atom is -0.0654 e. The van der Waals surface area contributed by atoms with E-state index in [4.69, 9.17) is 0 Å². The molecule has 0 N–H and O–H groups in total. The Labute approximate surface area is 250 Å². The van der Waals surface area contributed by atoms with Crippen LogP contribution in [0.4, 0.5) is 0 Å². The lowest BCUT2D eigenvalue weighted by Crippen LogP contribution is -2.26. The molecular formula is C34H43Br3. The molecule has 37 heavy (non-hydrogen) atoms. The average molecular weight is 691 g/mol. The van der Waals surface area contributed by atoms with Crippen molar-refractivity contribution in [3.8, 4) is 11.1 Å². The summed E-state index contributed by atoms with van der Waals surface area (Å²) in [7, 11) is 0. The number of benzene rings is 3. The lowest BCUT2D eigenvalue weighted by Gasteiger charge is -2.33. The van der Waals surface area contributed by atoms with Crippen molar-refractivity contribution >= 4 is 58.6 Å². The number of hydrogen-bond acceptors (Lipinski definition) is 0. The summed E-state index contributed by atoms with van der Waals surface area (Å²) in [5, 5.41) is 2.76. The van der Waals surface area contributed by atoms with Crippen LogP contribution in [0, 0.1) is 6.92 Å². The second kappa shape index (κ2) is 13.6. The van der Waals surface area contributed by atoms with Gasteiger partial charge in [0.15, 0.2) is 0 Å². The molecule has 0 saturated carbocycles. The van der Waals surface area contributed by atoms with Crippen LogP contribution in [0.5, 0.6) is 0 Å². The molecule has 3 aromatic rings. The summed E-state index contributed by atoms with van der Waals surface area (Å²) in [6.45, 7) is 6.93. The number of unbranched alkanes of at least 4 members (excludes halogenated alkanes) is 10. The third kappa shape index (κ3) is 6.25. The fourth-order valence-corrected chi connectivity index (χ4v) is 7.89. The van der Waals surface area contributed by atoms with Crippen molar-refractivity contribution in [2.45, 2.75) is 116 Å². The standard InChI is InChI=1S/C34H43Br3/c1-4-6-8-10-12-14-19-34(20-15-13-11-9-7-5-2)27-23-31(37)30(36)22-26(27)32-28(34)21-24(3)25-17-16-18-29(35)33(25)32/h16-18,21-23H,4-15,19-20H2,1-3H3. The van der Waals surface area contributed by atoms with Crippen molar-refractivity contribution in [3.05, 3.63) is 66.5 Å². The summed E-state index contributed by atoms with van der Waals surface area (Å²) in [4.78, 5) is 0. The van der Waals surface area contributed by atoms with Gasteiger partial charge in [0.25, 0.3) is 0 Å². The summed E-state index contributed by atoms with van der Waals surface area (Å²) in [6, 6.07) is 14.1. The maximum Gasteiger partial charge on any atom is 0.0323 e. The van der Waals surface area contributed by atoms with Crippen LogP contribution in [0.15, 0.2) is 49.8 Å². The van der Waals surface area contributed by atoms with Crippen LogP contribution >= 0.6 is 47.8 Å². The van der Waals surface area contributed by atoms with Crippen molar-refractivity contribution in [2.75, 3.05) is 0 Å². The molecule has 3 aromatic carbocycles. The summed E-state index contributed by atoms with van der Waals surface area (Å²) in [5.41, 5.74) is 7.51. The Bertz CT molecular complexity index is 1190. The molecule has 3 heteroatoms. The SMILES string of the molecule is CCCCCCCCC1(CCCCCCCC)c2cc(Br)c(Br)cc2-c2c1cc(C)c1cccc(Br)c21. The third-order valence-electron chi connectivity index (χ3n) is 8.59. The minimum atomic E-state index is 0.0949. The van der Waals surface area contributed by atoms with Crippen molar-refractivity contribution in [3.63, 3.8) is 0 Å². The average Bonchev–Trinajstić information content (AvgIpc) is 3.12. The van der Waals surface area contributed by atoms with Crippen LogP contribution in [0.1, 0.15) is 120 Å². The first-order valence-corrected chi connectivity index (χ1v) is 17.0. The topological polar surface area (TPSA) is 0 Å². The first-order valence-electron chi connectivity index (χ1n) is 14.7. The molecule has 0 unspecified atom stereocenters. The molecule has 0 nitrogen and oxygen atoms in total. The van der Waals surface area contributed by atoms with E-state index in [1.807, 2.05) is 0 Å². The fourth-order valence-electron chi connectivity index (χ4n) is 6.64. The van der Waals surface area contributed by atoms with Crippen molar-refractivity contribution < 1.29 is 0 Å². The highest BCUT2D eigenvalue weighted by atomic mass is 79.9. The molecular weight excluding hydrogens is 648 g/mol. The summed E-state index contributed by atoms with van der Waals surface area (Å²) >= 11 is 11.7. The van der Waals surface area contributed by atoms with E-state index in [0.717, 1.165) is 4.47 Å². The first-order chi connectivity index (χ1) is 17.9. The smallest absolute Gasteiger partial charge is 0.0323 e. The number of fused-ring (bicyclic) bond motifs is 5. The minimum absolute atomic E-state index is 0.0949. The van der Waals surface area contributed by atoms with Gasteiger partial charge in [0.2, 0.25) is 0 Å². The van der Waals surface area contributed by atoms with Crippen molar-refractivity contribution in [1.29, 1.82) is 0 Å². The lowest BCUT2D eigenvalue weighted by molar-refractivity contribution is 0.397. The van der Waals surface area contributed by atoms with Gasteiger partial charge in [-0.15, -0.1) is 0 Å². The Hall–Kier alpha value is -0.640. The fraction of sp³-hybridized carbons (Fsp3) is 0.529. The lowest BCUT2D eigenvalue weighted by atomic mass is 9.70. The van der Waals surface area contributed by atoms with Crippen LogP contribution < -0.4 is 0 Å². The second-order valence-electron chi connectivity index (χ2n) is 11.2. The quantitative estimate of drug-likeness (QED) is 0.148. The van der Waals surface area contributed by atoms with E-state index in [9.17, 15) is 0 Å². The molecule has 0 fully saturated rings. The molecule has 0 heterocycles. The highest BCUT2D eigenvalue weighted by Gasteiger charge is 2.44. The van der Waals surface area contributed by atoms with E-state index in [-0.39, 0.29) is 5.41 Å². The van der Waals surface area contributed by atoms with Gasteiger partial charge in [0.05, 0.1) is 0 Å². The van der Waals surface area contributed by atoms with E-state index in [1.54, 1.807) is 11.1 Å². The van der Waals surface area contributed by atoms with Gasteiger partial charge in [-0.3, -0.25) is 0 Å². The van der Waals surface area contributed by atoms with E-state index >= 15 is 0 Å². The van der Waals surface area contributed by atoms with Gasteiger partial charge >= 0.3 is 0 Å². The maximum atomic E-state index is 3.96. The molecule has 0 bridgehead atoms. The monoisotopic (exact) mass is 688 g/mol. The molecule has 0 saturated heterocycles. The van der Waals surface area contributed by atoms with E-state index in [0.29, 0.717) is 0 Å². The third-order valence-corrected chi connectivity index (χ3v) is 11.1. The Morgan fingerprint density at radius 3 is 1.81 bits per heavy atom. The first kappa shape index (κ1) is 29.3. The zero-order valence-electron chi connectivity index (χ0n) is 23.0. The van der Waals surface area contributed by atoms with Gasteiger partial charge in [-0.2, -0.15) is 0 Å². The normalized spacial score (nSPS) is 13.8. The Morgan fingerprint density at radius 2 is 1.19 bits per heavy atom. The van der Waals surface area contributed by atoms with E-state index < -0.39 is 0 Å². The van der Waals surface area contributed by atoms with Crippen LogP contribution in [0.3, 0.4) is 0 Å². The molecule has 1 aliphatic rings. The largest absolute Gasteiger partial charge is 0.0654 e. The van der Waals surface area contributed by atoms with Crippen LogP contribution in [-0.4, -0.2) is 0 Å². The second-order valence-corrected chi connectivity index (χ2v) is 13.8.